The molecule has 1 aliphatic rings. The second-order valence-corrected chi connectivity index (χ2v) is 12.4. The molecule has 4 aromatic rings. The van der Waals surface area contributed by atoms with E-state index in [4.69, 9.17) is 27.9 Å². The highest BCUT2D eigenvalue weighted by Crippen LogP contribution is 2.39. The number of nitrogens with zero attached hydrogens (tertiary/aromatic N) is 5. The minimum Gasteiger partial charge on any atom is -0.444 e. The topological polar surface area (TPSA) is 63.5 Å². The van der Waals surface area contributed by atoms with Crippen LogP contribution in [0.1, 0.15) is 26.5 Å². The van der Waals surface area contributed by atoms with Gasteiger partial charge in [0.05, 0.1) is 15.6 Å². The number of benzene rings is 1. The molecule has 1 aliphatic heterocycles. The third kappa shape index (κ3) is 6.63. The highest BCUT2D eigenvalue weighted by molar-refractivity contribution is 7.18. The van der Waals surface area contributed by atoms with Gasteiger partial charge in [-0.2, -0.15) is 13.2 Å². The minimum absolute atomic E-state index is 0.102. The molecule has 0 aliphatic carbocycles. The SMILES string of the molecule is CC(C)(C)OC(=O)N1CCN(c2ccc(-c3ccc(-c4nc(C(F)(F)F)cn4-c4cc(Cl)ccc4Cl)s3)cn2)CC1. The van der Waals surface area contributed by atoms with Gasteiger partial charge in [-0.25, -0.2) is 14.8 Å². The fourth-order valence-corrected chi connectivity index (χ4v) is 5.68. The molecule has 0 saturated carbocycles. The summed E-state index contributed by atoms with van der Waals surface area (Å²) in [5.41, 5.74) is -0.469. The van der Waals surface area contributed by atoms with Crippen molar-refractivity contribution in [2.75, 3.05) is 31.1 Å². The quantitative estimate of drug-likeness (QED) is 0.230. The number of anilines is 1. The van der Waals surface area contributed by atoms with Gasteiger partial charge in [0.15, 0.2) is 11.5 Å². The fraction of sp³-hybridized carbons (Fsp3) is 0.321. The second-order valence-electron chi connectivity index (χ2n) is 10.4. The lowest BCUT2D eigenvalue weighted by molar-refractivity contribution is -0.140. The van der Waals surface area contributed by atoms with Crippen molar-refractivity contribution < 1.29 is 22.7 Å². The molecule has 0 atom stereocenters. The molecule has 13 heteroatoms. The van der Waals surface area contributed by atoms with Crippen LogP contribution in [-0.4, -0.2) is 57.3 Å². The number of aromatic nitrogens is 3. The van der Waals surface area contributed by atoms with Crippen LogP contribution in [0.4, 0.5) is 23.8 Å². The number of imidazole rings is 1. The number of carbonyl (C=O) groups excluding carboxylic acids is 1. The number of thiophene rings is 1. The van der Waals surface area contributed by atoms with Crippen LogP contribution in [-0.2, 0) is 10.9 Å². The molecule has 1 amide bonds. The van der Waals surface area contributed by atoms with Crippen LogP contribution >= 0.6 is 34.5 Å². The van der Waals surface area contributed by atoms with E-state index in [0.717, 1.165) is 22.5 Å². The highest BCUT2D eigenvalue weighted by Gasteiger charge is 2.35. The predicted molar refractivity (Wildman–Crippen MR) is 155 cm³/mol. The molecule has 0 unspecified atom stereocenters. The average molecular weight is 625 g/mol. The zero-order valence-electron chi connectivity index (χ0n) is 22.4. The molecule has 1 aromatic carbocycles. The number of amides is 1. The van der Waals surface area contributed by atoms with Crippen LogP contribution in [0.15, 0.2) is 54.9 Å². The molecule has 4 heterocycles. The summed E-state index contributed by atoms with van der Waals surface area (Å²) in [6, 6.07) is 11.9. The maximum atomic E-state index is 13.6. The van der Waals surface area contributed by atoms with Crippen molar-refractivity contribution in [3.05, 3.63) is 70.6 Å². The Morgan fingerprint density at radius 3 is 2.32 bits per heavy atom. The minimum atomic E-state index is -4.64. The maximum absolute atomic E-state index is 13.6. The van der Waals surface area contributed by atoms with Crippen molar-refractivity contribution >= 4 is 46.4 Å². The number of piperazine rings is 1. The summed E-state index contributed by atoms with van der Waals surface area (Å²) < 4.78 is 47.6. The van der Waals surface area contributed by atoms with Gasteiger partial charge in [-0.15, -0.1) is 11.3 Å². The van der Waals surface area contributed by atoms with Crippen LogP contribution in [0.25, 0.3) is 26.8 Å². The average Bonchev–Trinajstić information content (AvgIpc) is 3.57. The summed E-state index contributed by atoms with van der Waals surface area (Å²) >= 11 is 13.7. The van der Waals surface area contributed by atoms with Gasteiger partial charge in [0.1, 0.15) is 11.4 Å². The van der Waals surface area contributed by atoms with Gasteiger partial charge in [0.25, 0.3) is 0 Å². The molecule has 3 aromatic heterocycles. The van der Waals surface area contributed by atoms with E-state index < -0.39 is 17.5 Å². The zero-order chi connectivity index (χ0) is 29.5. The fourth-order valence-electron chi connectivity index (χ4n) is 4.32. The highest BCUT2D eigenvalue weighted by atomic mass is 35.5. The molecule has 0 radical (unpaired) electrons. The Bertz CT molecular complexity index is 1560. The van der Waals surface area contributed by atoms with Crippen LogP contribution in [0.2, 0.25) is 10.0 Å². The first-order valence-corrected chi connectivity index (χ1v) is 14.3. The molecule has 1 fully saturated rings. The Labute approximate surface area is 249 Å². The second kappa shape index (κ2) is 11.2. The molecule has 0 spiro atoms. The van der Waals surface area contributed by atoms with Gasteiger partial charge < -0.3 is 14.5 Å². The number of hydrogen-bond acceptors (Lipinski definition) is 6. The standard InChI is InChI=1S/C28H26Cl2F3N5O2S/c1-27(2,3)40-26(39)37-12-10-36(11-13-37)24-9-4-17(15-34-24)21-7-8-22(41-21)25-35-23(28(31,32)33)16-38(25)20-14-18(29)5-6-19(20)30/h4-9,14-16H,10-13H2,1-3H3. The van der Waals surface area contributed by atoms with Crippen LogP contribution in [0.5, 0.6) is 0 Å². The van der Waals surface area contributed by atoms with Crippen LogP contribution < -0.4 is 4.90 Å². The summed E-state index contributed by atoms with van der Waals surface area (Å²) in [4.78, 5) is 26.0. The molecule has 41 heavy (non-hydrogen) atoms. The number of hydrogen-bond donors (Lipinski definition) is 0. The van der Waals surface area contributed by atoms with Gasteiger partial charge in [-0.1, -0.05) is 23.2 Å². The van der Waals surface area contributed by atoms with E-state index in [9.17, 15) is 18.0 Å². The van der Waals surface area contributed by atoms with Crippen molar-refractivity contribution in [1.29, 1.82) is 0 Å². The number of halogens is 5. The Balaban J connectivity index is 1.35. The smallest absolute Gasteiger partial charge is 0.434 e. The third-order valence-electron chi connectivity index (χ3n) is 6.28. The lowest BCUT2D eigenvalue weighted by atomic mass is 10.2. The van der Waals surface area contributed by atoms with E-state index in [0.29, 0.717) is 41.8 Å². The first kappa shape index (κ1) is 29.2. The van der Waals surface area contributed by atoms with Gasteiger partial charge in [-0.3, -0.25) is 4.57 Å². The van der Waals surface area contributed by atoms with E-state index in [2.05, 4.69) is 14.9 Å². The van der Waals surface area contributed by atoms with E-state index in [1.807, 2.05) is 39.0 Å². The molecule has 0 N–H and O–H groups in total. The van der Waals surface area contributed by atoms with Gasteiger partial charge in [0.2, 0.25) is 0 Å². The monoisotopic (exact) mass is 623 g/mol. The largest absolute Gasteiger partial charge is 0.444 e. The molecule has 7 nitrogen and oxygen atoms in total. The van der Waals surface area contributed by atoms with Crippen molar-refractivity contribution in [1.82, 2.24) is 19.4 Å². The van der Waals surface area contributed by atoms with Crippen LogP contribution in [0, 0.1) is 0 Å². The van der Waals surface area contributed by atoms with Crippen molar-refractivity contribution in [3.63, 3.8) is 0 Å². The molecule has 1 saturated heterocycles. The number of alkyl halides is 3. The first-order chi connectivity index (χ1) is 19.3. The molecule has 5 rings (SSSR count). The Morgan fingerprint density at radius 2 is 1.68 bits per heavy atom. The molecular weight excluding hydrogens is 598 g/mol. The lowest BCUT2D eigenvalue weighted by Gasteiger charge is -2.36. The summed E-state index contributed by atoms with van der Waals surface area (Å²) in [7, 11) is 0. The van der Waals surface area contributed by atoms with Gasteiger partial charge in [0, 0.05) is 54.0 Å². The Morgan fingerprint density at radius 1 is 0.976 bits per heavy atom. The molecule has 216 valence electrons. The van der Waals surface area contributed by atoms with E-state index in [1.165, 1.54) is 28.0 Å². The Kier molecular flexibility index (Phi) is 7.97. The van der Waals surface area contributed by atoms with Crippen molar-refractivity contribution in [2.24, 2.45) is 0 Å². The van der Waals surface area contributed by atoms with Gasteiger partial charge in [-0.05, 0) is 63.2 Å². The third-order valence-corrected chi connectivity index (χ3v) is 7.96. The van der Waals surface area contributed by atoms with E-state index >= 15 is 0 Å². The summed E-state index contributed by atoms with van der Waals surface area (Å²) in [5.74, 6) is 0.875. The number of pyridine rings is 1. The number of carbonyl (C=O) groups is 1. The van der Waals surface area contributed by atoms with Crippen LogP contribution in [0.3, 0.4) is 0 Å². The zero-order valence-corrected chi connectivity index (χ0v) is 24.7. The van der Waals surface area contributed by atoms with E-state index in [1.54, 1.807) is 23.2 Å². The summed E-state index contributed by atoms with van der Waals surface area (Å²) in [5, 5.41) is 0.576. The number of rotatable bonds is 4. The summed E-state index contributed by atoms with van der Waals surface area (Å²) in [6.07, 6.45) is -2.31. The van der Waals surface area contributed by atoms with E-state index in [-0.39, 0.29) is 16.9 Å². The lowest BCUT2D eigenvalue weighted by Crippen LogP contribution is -2.50. The normalized spacial score (nSPS) is 14.4. The van der Waals surface area contributed by atoms with Crippen molar-refractivity contribution in [2.45, 2.75) is 32.5 Å². The predicted octanol–water partition coefficient (Wildman–Crippen LogP) is 8.05. The van der Waals surface area contributed by atoms with Gasteiger partial charge >= 0.3 is 12.3 Å². The summed E-state index contributed by atoms with van der Waals surface area (Å²) in [6.45, 7) is 7.80. The maximum Gasteiger partial charge on any atom is 0.434 e. The number of ether oxygens (including phenoxy) is 1. The first-order valence-electron chi connectivity index (χ1n) is 12.7. The molecular formula is C28H26Cl2F3N5O2S. The van der Waals surface area contributed by atoms with Crippen molar-refractivity contribution in [3.8, 4) is 26.8 Å². The Hall–Kier alpha value is -3.28. The molecule has 0 bridgehead atoms.